The first kappa shape index (κ1) is 24.8. The highest BCUT2D eigenvalue weighted by atomic mass is 35.5. The number of halogens is 1. The zero-order valence-electron chi connectivity index (χ0n) is 21.1. The number of benzene rings is 3. The van der Waals surface area contributed by atoms with E-state index in [1.165, 1.54) is 6.07 Å². The molecule has 1 atom stereocenters. The minimum Gasteiger partial charge on any atom is -0.489 e. The summed E-state index contributed by atoms with van der Waals surface area (Å²) in [6, 6.07) is 26.1. The first-order chi connectivity index (χ1) is 19.1. The highest BCUT2D eigenvalue weighted by Crippen LogP contribution is 2.38. The van der Waals surface area contributed by atoms with Crippen molar-refractivity contribution in [1.29, 1.82) is 0 Å². The number of rotatable bonds is 4. The summed E-state index contributed by atoms with van der Waals surface area (Å²) in [5, 5.41) is 2.61. The van der Waals surface area contributed by atoms with E-state index in [4.69, 9.17) is 21.1 Å². The van der Waals surface area contributed by atoms with E-state index in [2.05, 4.69) is 0 Å². The molecule has 0 fully saturated rings. The van der Waals surface area contributed by atoms with Crippen LogP contribution in [0.15, 0.2) is 108 Å². The fraction of sp³-hybridized carbons (Fsp3) is 0.161. The number of ether oxygens (including phenoxy) is 2. The van der Waals surface area contributed by atoms with Crippen LogP contribution < -0.4 is 19.9 Å². The van der Waals surface area contributed by atoms with Gasteiger partial charge in [0.2, 0.25) is 5.43 Å². The van der Waals surface area contributed by atoms with Crippen molar-refractivity contribution in [2.24, 2.45) is 0 Å². The normalized spacial score (nSPS) is 17.4. The van der Waals surface area contributed by atoms with Crippen LogP contribution in [0.3, 0.4) is 0 Å². The van der Waals surface area contributed by atoms with Crippen molar-refractivity contribution in [3.05, 3.63) is 141 Å². The molecule has 8 heteroatoms. The summed E-state index contributed by atoms with van der Waals surface area (Å²) in [7, 11) is 0. The van der Waals surface area contributed by atoms with Crippen molar-refractivity contribution in [1.82, 2.24) is 9.58 Å². The van der Waals surface area contributed by atoms with Crippen LogP contribution in [-0.2, 0) is 6.61 Å². The van der Waals surface area contributed by atoms with Crippen LogP contribution >= 0.6 is 11.6 Å². The van der Waals surface area contributed by atoms with Crippen molar-refractivity contribution in [3.8, 4) is 11.5 Å². The molecule has 196 valence electrons. The van der Waals surface area contributed by atoms with Gasteiger partial charge in [0, 0.05) is 29.4 Å². The Hall–Kier alpha value is -4.49. The Morgan fingerprint density at radius 1 is 0.923 bits per heavy atom. The molecule has 1 aromatic heterocycles. The van der Waals surface area contributed by atoms with E-state index in [-0.39, 0.29) is 36.1 Å². The Balaban J connectivity index is 1.55. The Labute approximate surface area is 231 Å². The number of aromatic nitrogens is 1. The van der Waals surface area contributed by atoms with Crippen LogP contribution in [0.2, 0.25) is 5.02 Å². The molecule has 2 aliphatic rings. The molecule has 0 spiro atoms. The predicted octanol–water partition coefficient (Wildman–Crippen LogP) is 5.17. The fourth-order valence-corrected chi connectivity index (χ4v) is 5.19. The smallest absolute Gasteiger partial charge is 0.278 e. The molecule has 39 heavy (non-hydrogen) atoms. The number of fused-ring (bicyclic) bond motifs is 5. The second-order valence-electron chi connectivity index (χ2n) is 9.36. The van der Waals surface area contributed by atoms with E-state index < -0.39 is 6.04 Å². The summed E-state index contributed by atoms with van der Waals surface area (Å²) >= 11 is 6.51. The Kier molecular flexibility index (Phi) is 6.82. The monoisotopic (exact) mass is 539 g/mol. The molecule has 3 heterocycles. The molecular formula is C31H26ClN3O4. The largest absolute Gasteiger partial charge is 0.489 e. The summed E-state index contributed by atoms with van der Waals surface area (Å²) in [6.45, 7) is 1.12. The maximum absolute atomic E-state index is 13.9. The van der Waals surface area contributed by atoms with Gasteiger partial charge in [-0.15, -0.1) is 0 Å². The number of pyridine rings is 1. The first-order valence-corrected chi connectivity index (χ1v) is 13.1. The van der Waals surface area contributed by atoms with E-state index in [1.54, 1.807) is 21.8 Å². The lowest BCUT2D eigenvalue weighted by Gasteiger charge is -2.44. The Bertz CT molecular complexity index is 1590. The molecule has 0 saturated heterocycles. The number of carbonyl (C=O) groups excluding carboxylic acids is 1. The highest BCUT2D eigenvalue weighted by Gasteiger charge is 2.37. The van der Waals surface area contributed by atoms with Gasteiger partial charge in [-0.25, -0.2) is 0 Å². The van der Waals surface area contributed by atoms with Gasteiger partial charge in [0.05, 0.1) is 0 Å². The molecular weight excluding hydrogens is 514 g/mol. The van der Waals surface area contributed by atoms with Gasteiger partial charge in [-0.1, -0.05) is 78.3 Å². The number of amides is 1. The van der Waals surface area contributed by atoms with Crippen LogP contribution in [0.4, 0.5) is 0 Å². The van der Waals surface area contributed by atoms with E-state index in [0.29, 0.717) is 23.9 Å². The molecule has 1 amide bonds. The topological polar surface area (TPSA) is 64.0 Å². The molecule has 4 aromatic rings. The third kappa shape index (κ3) is 4.89. The number of hydrogen-bond donors (Lipinski definition) is 0. The second kappa shape index (κ2) is 10.7. The molecule has 7 nitrogen and oxygen atoms in total. The maximum Gasteiger partial charge on any atom is 0.278 e. The van der Waals surface area contributed by atoms with Gasteiger partial charge in [-0.2, -0.15) is 0 Å². The standard InChI is InChI=1S/C31H26ClN3O4/c32-24-13-14-27-25(19-24)28(23-11-5-2-6-12-23)35-21-33(16-7-8-18-38-27)31(37)29-30(26(36)15-17-34(29)35)39-20-22-9-3-1-4-10-22/h1-15,17,19,28H,16,18,20-21H2/b8-7-/t28-/m1/s1. The molecule has 0 radical (unpaired) electrons. The summed E-state index contributed by atoms with van der Waals surface area (Å²) in [4.78, 5) is 28.7. The SMILES string of the molecule is O=C1c2c(OCc3ccccc3)c(=O)ccn2N2CN1C/C=C\COc1ccc(Cl)cc1[C@H]2c1ccccc1. The molecule has 2 bridgehead atoms. The van der Waals surface area contributed by atoms with Gasteiger partial charge in [0.15, 0.2) is 11.4 Å². The highest BCUT2D eigenvalue weighted by molar-refractivity contribution is 6.30. The lowest BCUT2D eigenvalue weighted by Crippen LogP contribution is -2.55. The van der Waals surface area contributed by atoms with Crippen LogP contribution in [0.25, 0.3) is 0 Å². The summed E-state index contributed by atoms with van der Waals surface area (Å²) in [6.07, 6.45) is 5.42. The minimum absolute atomic E-state index is 0.0225. The van der Waals surface area contributed by atoms with Crippen molar-refractivity contribution < 1.29 is 14.3 Å². The summed E-state index contributed by atoms with van der Waals surface area (Å²) in [5.74, 6) is 0.427. The average molecular weight is 540 g/mol. The second-order valence-corrected chi connectivity index (χ2v) is 9.80. The molecule has 6 rings (SSSR count). The van der Waals surface area contributed by atoms with Crippen LogP contribution in [0.5, 0.6) is 11.5 Å². The molecule has 0 saturated carbocycles. The van der Waals surface area contributed by atoms with Gasteiger partial charge in [-0.05, 0) is 35.4 Å². The lowest BCUT2D eigenvalue weighted by atomic mass is 9.97. The first-order valence-electron chi connectivity index (χ1n) is 12.7. The van der Waals surface area contributed by atoms with E-state index in [1.807, 2.05) is 90.0 Å². The average Bonchev–Trinajstić information content (AvgIpc) is 2.99. The van der Waals surface area contributed by atoms with Crippen LogP contribution in [-0.4, -0.2) is 35.3 Å². The van der Waals surface area contributed by atoms with Crippen LogP contribution in [0.1, 0.15) is 33.2 Å². The fourth-order valence-electron chi connectivity index (χ4n) is 5.01. The maximum atomic E-state index is 13.9. The van der Waals surface area contributed by atoms with Crippen LogP contribution in [0, 0.1) is 0 Å². The Morgan fingerprint density at radius 2 is 1.69 bits per heavy atom. The van der Waals surface area contributed by atoms with Crippen molar-refractivity contribution in [2.75, 3.05) is 24.8 Å². The predicted molar refractivity (Wildman–Crippen MR) is 150 cm³/mol. The van der Waals surface area contributed by atoms with E-state index >= 15 is 0 Å². The van der Waals surface area contributed by atoms with E-state index in [0.717, 1.165) is 16.7 Å². The van der Waals surface area contributed by atoms with Crippen molar-refractivity contribution in [3.63, 3.8) is 0 Å². The zero-order chi connectivity index (χ0) is 26.8. The molecule has 0 unspecified atom stereocenters. The number of hydrogen-bond acceptors (Lipinski definition) is 5. The van der Waals surface area contributed by atoms with Gasteiger partial charge >= 0.3 is 0 Å². The molecule has 2 aliphatic heterocycles. The number of nitrogens with zero attached hydrogens (tertiary/aromatic N) is 3. The lowest BCUT2D eigenvalue weighted by molar-refractivity contribution is 0.0698. The Morgan fingerprint density at radius 3 is 2.49 bits per heavy atom. The van der Waals surface area contributed by atoms with Crippen molar-refractivity contribution in [2.45, 2.75) is 12.6 Å². The molecule has 0 N–H and O–H groups in total. The minimum atomic E-state index is -0.392. The molecule has 0 aliphatic carbocycles. The quantitative estimate of drug-likeness (QED) is 0.335. The summed E-state index contributed by atoms with van der Waals surface area (Å²) < 4.78 is 14.0. The summed E-state index contributed by atoms with van der Waals surface area (Å²) in [5.41, 5.74) is 2.54. The third-order valence-electron chi connectivity index (χ3n) is 6.85. The third-order valence-corrected chi connectivity index (χ3v) is 7.09. The zero-order valence-corrected chi connectivity index (χ0v) is 21.8. The number of carbonyl (C=O) groups is 1. The van der Waals surface area contributed by atoms with Gasteiger partial charge in [0.1, 0.15) is 31.7 Å². The van der Waals surface area contributed by atoms with Gasteiger partial charge < -0.3 is 14.4 Å². The van der Waals surface area contributed by atoms with Crippen molar-refractivity contribution >= 4 is 17.5 Å². The van der Waals surface area contributed by atoms with Gasteiger partial charge in [-0.3, -0.25) is 19.3 Å². The molecule has 3 aromatic carbocycles. The van der Waals surface area contributed by atoms with E-state index in [9.17, 15) is 9.59 Å². The van der Waals surface area contributed by atoms with Gasteiger partial charge in [0.25, 0.3) is 5.91 Å².